The molecule has 82 valence electrons. The van der Waals surface area contributed by atoms with E-state index >= 15 is 0 Å². The number of nitrogens with zero attached hydrogens (tertiary/aromatic N) is 1. The van der Waals surface area contributed by atoms with Crippen LogP contribution < -0.4 is 5.43 Å². The minimum atomic E-state index is -0.208. The molecule has 0 bridgehead atoms. The molecule has 0 fully saturated rings. The van der Waals surface area contributed by atoms with E-state index < -0.39 is 0 Å². The Hall–Kier alpha value is -1.56. The molecular formula is C12H18N2O. The summed E-state index contributed by atoms with van der Waals surface area (Å²) in [5.74, 6) is 5.17. The first-order valence-electron chi connectivity index (χ1n) is 4.92. The molecule has 0 heterocycles. The van der Waals surface area contributed by atoms with Crippen molar-refractivity contribution in [3.8, 4) is 11.8 Å². The monoisotopic (exact) mass is 206 g/mol. The molecule has 0 unspecified atom stereocenters. The summed E-state index contributed by atoms with van der Waals surface area (Å²) >= 11 is 0. The molecule has 0 aliphatic rings. The number of hydrogen-bond donors (Lipinski definition) is 1. The maximum Gasteiger partial charge on any atom is 0.230 e. The molecule has 0 aliphatic heterocycles. The molecule has 0 amide bonds. The zero-order chi connectivity index (χ0) is 11.8. The van der Waals surface area contributed by atoms with E-state index in [-0.39, 0.29) is 5.78 Å². The molecule has 0 rings (SSSR count). The summed E-state index contributed by atoms with van der Waals surface area (Å²) in [6, 6.07) is 0. The topological polar surface area (TPSA) is 41.5 Å². The van der Waals surface area contributed by atoms with Crippen molar-refractivity contribution >= 4 is 11.5 Å². The quantitative estimate of drug-likeness (QED) is 0.252. The van der Waals surface area contributed by atoms with Crippen LogP contribution in [0.2, 0.25) is 0 Å². The minimum absolute atomic E-state index is 0.208. The average molecular weight is 206 g/mol. The average Bonchev–Trinajstić information content (AvgIpc) is 2.14. The summed E-state index contributed by atoms with van der Waals surface area (Å²) in [5, 5.41) is 4.13. The van der Waals surface area contributed by atoms with Gasteiger partial charge in [-0.05, 0) is 32.6 Å². The second-order valence-electron chi connectivity index (χ2n) is 3.59. The fraction of sp³-hybridized carbons (Fsp3) is 0.500. The highest BCUT2D eigenvalue weighted by Crippen LogP contribution is 1.96. The van der Waals surface area contributed by atoms with Crippen molar-refractivity contribution in [1.29, 1.82) is 0 Å². The summed E-state index contributed by atoms with van der Waals surface area (Å²) in [5.41, 5.74) is 4.51. The number of nitrogens with one attached hydrogen (secondary N) is 1. The standard InChI is InChI=1S/C12H18N2O/c1-6-7-12(15)8-10(4)13-14-11(5)9(2)3/h8-9,13H,1-5H3/b10-8+,14-11+. The smallest absolute Gasteiger partial charge is 0.230 e. The highest BCUT2D eigenvalue weighted by molar-refractivity contribution is 6.04. The van der Waals surface area contributed by atoms with E-state index in [4.69, 9.17) is 0 Å². The van der Waals surface area contributed by atoms with E-state index in [1.54, 1.807) is 13.8 Å². The van der Waals surface area contributed by atoms with E-state index in [0.717, 1.165) is 5.71 Å². The van der Waals surface area contributed by atoms with Gasteiger partial charge in [0.15, 0.2) is 0 Å². The van der Waals surface area contributed by atoms with Crippen LogP contribution in [0.5, 0.6) is 0 Å². The van der Waals surface area contributed by atoms with Crippen molar-refractivity contribution in [3.05, 3.63) is 11.8 Å². The molecule has 0 aliphatic carbocycles. The molecule has 3 heteroatoms. The molecule has 0 aromatic rings. The van der Waals surface area contributed by atoms with Crippen molar-refractivity contribution in [2.45, 2.75) is 34.6 Å². The first-order chi connectivity index (χ1) is 6.97. The molecule has 0 spiro atoms. The summed E-state index contributed by atoms with van der Waals surface area (Å²) < 4.78 is 0. The summed E-state index contributed by atoms with van der Waals surface area (Å²) in [7, 11) is 0. The molecule has 0 aromatic heterocycles. The van der Waals surface area contributed by atoms with Crippen LogP contribution in [0.15, 0.2) is 16.9 Å². The fourth-order valence-electron chi connectivity index (χ4n) is 0.694. The Bertz CT molecular complexity index is 340. The van der Waals surface area contributed by atoms with Crippen molar-refractivity contribution < 1.29 is 4.79 Å². The number of carbonyl (C=O) groups is 1. The van der Waals surface area contributed by atoms with Gasteiger partial charge < -0.3 is 0 Å². The van der Waals surface area contributed by atoms with Gasteiger partial charge in [-0.25, -0.2) is 0 Å². The highest BCUT2D eigenvalue weighted by atomic mass is 16.1. The van der Waals surface area contributed by atoms with E-state index in [1.807, 2.05) is 6.92 Å². The highest BCUT2D eigenvalue weighted by Gasteiger charge is 1.97. The third-order valence-electron chi connectivity index (χ3n) is 1.84. The zero-order valence-corrected chi connectivity index (χ0v) is 10.0. The number of carbonyl (C=O) groups excluding carboxylic acids is 1. The van der Waals surface area contributed by atoms with Crippen LogP contribution in [0.3, 0.4) is 0 Å². The largest absolute Gasteiger partial charge is 0.283 e. The fourth-order valence-corrected chi connectivity index (χ4v) is 0.694. The van der Waals surface area contributed by atoms with Crippen LogP contribution in [0.25, 0.3) is 0 Å². The van der Waals surface area contributed by atoms with Crippen LogP contribution in [0.4, 0.5) is 0 Å². The predicted octanol–water partition coefficient (Wildman–Crippen LogP) is 2.10. The summed E-state index contributed by atoms with van der Waals surface area (Å²) in [6.45, 7) is 9.49. The molecule has 0 radical (unpaired) electrons. The van der Waals surface area contributed by atoms with Crippen LogP contribution in [-0.4, -0.2) is 11.5 Å². The van der Waals surface area contributed by atoms with Gasteiger partial charge in [0.25, 0.3) is 0 Å². The minimum Gasteiger partial charge on any atom is -0.283 e. The molecule has 3 nitrogen and oxygen atoms in total. The first-order valence-corrected chi connectivity index (χ1v) is 4.92. The molecule has 0 saturated heterocycles. The van der Waals surface area contributed by atoms with Crippen LogP contribution in [0, 0.1) is 17.8 Å². The Morgan fingerprint density at radius 1 is 1.40 bits per heavy atom. The molecule has 0 saturated carbocycles. The molecular weight excluding hydrogens is 188 g/mol. The lowest BCUT2D eigenvalue weighted by atomic mass is 10.1. The maximum atomic E-state index is 11.1. The number of hydrazone groups is 1. The summed E-state index contributed by atoms with van der Waals surface area (Å²) in [6.07, 6.45) is 1.44. The van der Waals surface area contributed by atoms with Gasteiger partial charge in [0.2, 0.25) is 5.78 Å². The van der Waals surface area contributed by atoms with Gasteiger partial charge in [-0.15, -0.1) is 0 Å². The Balaban J connectivity index is 4.36. The third-order valence-corrected chi connectivity index (χ3v) is 1.84. The van der Waals surface area contributed by atoms with Gasteiger partial charge in [-0.3, -0.25) is 10.2 Å². The van der Waals surface area contributed by atoms with E-state index in [9.17, 15) is 4.79 Å². The lowest BCUT2D eigenvalue weighted by Gasteiger charge is -2.05. The van der Waals surface area contributed by atoms with Crippen LogP contribution >= 0.6 is 0 Å². The molecule has 0 atom stereocenters. The first kappa shape index (κ1) is 13.4. The van der Waals surface area contributed by atoms with Crippen LogP contribution in [0.1, 0.15) is 34.6 Å². The molecule has 0 aromatic carbocycles. The van der Waals surface area contributed by atoms with Crippen molar-refractivity contribution in [2.24, 2.45) is 11.0 Å². The summed E-state index contributed by atoms with van der Waals surface area (Å²) in [4.78, 5) is 11.1. The Morgan fingerprint density at radius 3 is 2.47 bits per heavy atom. The second kappa shape index (κ2) is 6.83. The molecule has 15 heavy (non-hydrogen) atoms. The van der Waals surface area contributed by atoms with Crippen molar-refractivity contribution in [3.63, 3.8) is 0 Å². The Morgan fingerprint density at radius 2 is 2.00 bits per heavy atom. The second-order valence-corrected chi connectivity index (χ2v) is 3.59. The molecule has 1 N–H and O–H groups in total. The van der Waals surface area contributed by atoms with Gasteiger partial charge in [0.1, 0.15) is 0 Å². The van der Waals surface area contributed by atoms with Gasteiger partial charge in [-0.2, -0.15) is 5.10 Å². The van der Waals surface area contributed by atoms with Crippen LogP contribution in [-0.2, 0) is 4.79 Å². The van der Waals surface area contributed by atoms with E-state index in [2.05, 4.69) is 36.2 Å². The number of ketones is 1. The lowest BCUT2D eigenvalue weighted by Crippen LogP contribution is -2.11. The number of hydrogen-bond acceptors (Lipinski definition) is 3. The Labute approximate surface area is 91.6 Å². The van der Waals surface area contributed by atoms with Crippen molar-refractivity contribution in [2.75, 3.05) is 0 Å². The van der Waals surface area contributed by atoms with Gasteiger partial charge >= 0.3 is 0 Å². The Kier molecular flexibility index (Phi) is 6.12. The zero-order valence-electron chi connectivity index (χ0n) is 10.0. The van der Waals surface area contributed by atoms with E-state index in [1.165, 1.54) is 6.08 Å². The van der Waals surface area contributed by atoms with Gasteiger partial charge in [0, 0.05) is 17.5 Å². The number of allylic oxidation sites excluding steroid dienone is 2. The third kappa shape index (κ3) is 6.50. The SMILES string of the molecule is CC#CC(=O)/C=C(\C)N/N=C(\C)C(C)C. The normalized spacial score (nSPS) is 12.1. The van der Waals surface area contributed by atoms with Gasteiger partial charge in [0.05, 0.1) is 0 Å². The lowest BCUT2D eigenvalue weighted by molar-refractivity contribution is -0.109. The van der Waals surface area contributed by atoms with Crippen molar-refractivity contribution in [1.82, 2.24) is 5.43 Å². The maximum absolute atomic E-state index is 11.1. The van der Waals surface area contributed by atoms with E-state index in [0.29, 0.717) is 11.6 Å². The number of rotatable bonds is 4. The predicted molar refractivity (Wildman–Crippen MR) is 63.3 cm³/mol. The van der Waals surface area contributed by atoms with Gasteiger partial charge in [-0.1, -0.05) is 19.8 Å².